The summed E-state index contributed by atoms with van der Waals surface area (Å²) in [4.78, 5) is 13.1. The highest BCUT2D eigenvalue weighted by Gasteiger charge is 2.34. The Bertz CT molecular complexity index is 435. The van der Waals surface area contributed by atoms with E-state index in [4.69, 9.17) is 27.2 Å². The number of likely N-dealkylation sites (tertiary alicyclic amines) is 1. The molecular formula is C12H15ClN2O3. The van der Waals surface area contributed by atoms with E-state index >= 15 is 0 Å². The third kappa shape index (κ3) is 2.93. The average Bonchev–Trinajstić information content (AvgIpc) is 2.31. The van der Waals surface area contributed by atoms with Gasteiger partial charge in [0.15, 0.2) is 0 Å². The highest BCUT2D eigenvalue weighted by atomic mass is 35.5. The molecule has 1 amide bonds. The highest BCUT2D eigenvalue weighted by molar-refractivity contribution is 6.30. The Morgan fingerprint density at radius 2 is 2.33 bits per heavy atom. The monoisotopic (exact) mass is 270 g/mol. The van der Waals surface area contributed by atoms with Gasteiger partial charge in [0, 0.05) is 5.02 Å². The molecule has 0 spiro atoms. The SMILES string of the molecule is N[C@@H](CO)C(=O)N1CC(Oc2cccc(Cl)c2)C1. The molecule has 0 aromatic heterocycles. The van der Waals surface area contributed by atoms with E-state index in [1.54, 1.807) is 23.1 Å². The summed E-state index contributed by atoms with van der Waals surface area (Å²) < 4.78 is 5.64. The van der Waals surface area contributed by atoms with Crippen LogP contribution in [0.25, 0.3) is 0 Å². The first-order chi connectivity index (χ1) is 8.60. The zero-order valence-electron chi connectivity index (χ0n) is 9.75. The Kier molecular flexibility index (Phi) is 4.06. The molecule has 98 valence electrons. The molecular weight excluding hydrogens is 256 g/mol. The number of halogens is 1. The number of amides is 1. The number of rotatable bonds is 4. The van der Waals surface area contributed by atoms with E-state index in [-0.39, 0.29) is 18.6 Å². The van der Waals surface area contributed by atoms with Gasteiger partial charge in [-0.3, -0.25) is 4.79 Å². The van der Waals surface area contributed by atoms with Gasteiger partial charge in [0.1, 0.15) is 17.9 Å². The Hall–Kier alpha value is -1.30. The second-order valence-corrected chi connectivity index (χ2v) is 4.67. The second kappa shape index (κ2) is 5.56. The topological polar surface area (TPSA) is 75.8 Å². The van der Waals surface area contributed by atoms with Gasteiger partial charge in [-0.25, -0.2) is 0 Å². The summed E-state index contributed by atoms with van der Waals surface area (Å²) >= 11 is 5.84. The predicted octanol–water partition coefficient (Wildman–Crippen LogP) is 0.249. The number of carbonyl (C=O) groups is 1. The van der Waals surface area contributed by atoms with Crippen LogP contribution in [0.1, 0.15) is 0 Å². The van der Waals surface area contributed by atoms with Gasteiger partial charge in [-0.2, -0.15) is 0 Å². The van der Waals surface area contributed by atoms with Crippen LogP contribution in [0.4, 0.5) is 0 Å². The molecule has 5 nitrogen and oxygen atoms in total. The fourth-order valence-electron chi connectivity index (χ4n) is 1.74. The van der Waals surface area contributed by atoms with Gasteiger partial charge >= 0.3 is 0 Å². The summed E-state index contributed by atoms with van der Waals surface area (Å²) in [6, 6.07) is 6.28. The highest BCUT2D eigenvalue weighted by Crippen LogP contribution is 2.21. The molecule has 1 aromatic rings. The van der Waals surface area contributed by atoms with Crippen molar-refractivity contribution in [2.45, 2.75) is 12.1 Å². The Morgan fingerprint density at radius 3 is 2.94 bits per heavy atom. The maximum absolute atomic E-state index is 11.6. The average molecular weight is 271 g/mol. The largest absolute Gasteiger partial charge is 0.487 e. The van der Waals surface area contributed by atoms with Gasteiger partial charge in [0.05, 0.1) is 19.7 Å². The zero-order chi connectivity index (χ0) is 13.1. The van der Waals surface area contributed by atoms with Crippen molar-refractivity contribution in [3.8, 4) is 5.75 Å². The molecule has 0 aliphatic carbocycles. The number of carbonyl (C=O) groups excluding carboxylic acids is 1. The lowest BCUT2D eigenvalue weighted by atomic mass is 10.1. The lowest BCUT2D eigenvalue weighted by Crippen LogP contribution is -2.60. The minimum atomic E-state index is -0.836. The minimum Gasteiger partial charge on any atom is -0.487 e. The number of ether oxygens (including phenoxy) is 1. The van der Waals surface area contributed by atoms with Gasteiger partial charge in [0.25, 0.3) is 0 Å². The van der Waals surface area contributed by atoms with Crippen molar-refractivity contribution in [1.29, 1.82) is 0 Å². The smallest absolute Gasteiger partial charge is 0.242 e. The molecule has 0 radical (unpaired) electrons. The van der Waals surface area contributed by atoms with Crippen molar-refractivity contribution in [2.24, 2.45) is 5.73 Å². The molecule has 1 saturated heterocycles. The number of hydrogen-bond donors (Lipinski definition) is 2. The molecule has 1 aliphatic heterocycles. The fourth-order valence-corrected chi connectivity index (χ4v) is 1.92. The van der Waals surface area contributed by atoms with Gasteiger partial charge in [-0.1, -0.05) is 17.7 Å². The van der Waals surface area contributed by atoms with Crippen molar-refractivity contribution in [2.75, 3.05) is 19.7 Å². The van der Waals surface area contributed by atoms with Crippen molar-refractivity contribution >= 4 is 17.5 Å². The second-order valence-electron chi connectivity index (χ2n) is 4.23. The van der Waals surface area contributed by atoms with Crippen LogP contribution < -0.4 is 10.5 Å². The van der Waals surface area contributed by atoms with E-state index in [9.17, 15) is 4.79 Å². The molecule has 0 unspecified atom stereocenters. The van der Waals surface area contributed by atoms with Crippen LogP contribution in [0.2, 0.25) is 5.02 Å². The number of nitrogens with two attached hydrogens (primary N) is 1. The Balaban J connectivity index is 1.81. The zero-order valence-corrected chi connectivity index (χ0v) is 10.5. The lowest BCUT2D eigenvalue weighted by molar-refractivity contribution is -0.142. The van der Waals surface area contributed by atoms with Gasteiger partial charge < -0.3 is 20.5 Å². The Morgan fingerprint density at radius 1 is 1.61 bits per heavy atom. The quantitative estimate of drug-likeness (QED) is 0.822. The van der Waals surface area contributed by atoms with E-state index in [1.807, 2.05) is 6.07 Å². The molecule has 0 saturated carbocycles. The molecule has 1 aliphatic rings. The van der Waals surface area contributed by atoms with Crippen molar-refractivity contribution in [3.63, 3.8) is 0 Å². The van der Waals surface area contributed by atoms with Crippen molar-refractivity contribution < 1.29 is 14.6 Å². The van der Waals surface area contributed by atoms with E-state index < -0.39 is 6.04 Å². The summed E-state index contributed by atoms with van der Waals surface area (Å²) in [5.41, 5.74) is 5.45. The molecule has 1 aromatic carbocycles. The van der Waals surface area contributed by atoms with Crippen LogP contribution in [0.3, 0.4) is 0 Å². The van der Waals surface area contributed by atoms with Crippen molar-refractivity contribution in [3.05, 3.63) is 29.3 Å². The van der Waals surface area contributed by atoms with E-state index in [2.05, 4.69) is 0 Å². The van der Waals surface area contributed by atoms with Gasteiger partial charge in [0.2, 0.25) is 5.91 Å². The van der Waals surface area contributed by atoms with Crippen LogP contribution in [0, 0.1) is 0 Å². The first kappa shape index (κ1) is 13.1. The number of aliphatic hydroxyl groups is 1. The molecule has 1 heterocycles. The van der Waals surface area contributed by atoms with Gasteiger partial charge in [-0.15, -0.1) is 0 Å². The normalized spacial score (nSPS) is 17.2. The maximum Gasteiger partial charge on any atom is 0.242 e. The molecule has 6 heteroatoms. The van der Waals surface area contributed by atoms with Crippen LogP contribution in [-0.2, 0) is 4.79 Å². The summed E-state index contributed by atoms with van der Waals surface area (Å²) in [6.45, 7) is 0.632. The van der Waals surface area contributed by atoms with E-state index in [0.29, 0.717) is 23.9 Å². The third-order valence-electron chi connectivity index (χ3n) is 2.77. The first-order valence-corrected chi connectivity index (χ1v) is 6.05. The summed E-state index contributed by atoms with van der Waals surface area (Å²) in [5, 5.41) is 9.40. The van der Waals surface area contributed by atoms with E-state index in [1.165, 1.54) is 0 Å². The lowest BCUT2D eigenvalue weighted by Gasteiger charge is -2.39. The van der Waals surface area contributed by atoms with E-state index in [0.717, 1.165) is 0 Å². The standard InChI is InChI=1S/C12H15ClN2O3/c13-8-2-1-3-9(4-8)18-10-5-15(6-10)12(17)11(14)7-16/h1-4,10-11,16H,5-7,14H2/t11-/m0/s1. The van der Waals surface area contributed by atoms with Crippen LogP contribution >= 0.6 is 11.6 Å². The first-order valence-electron chi connectivity index (χ1n) is 5.67. The third-order valence-corrected chi connectivity index (χ3v) is 3.01. The molecule has 3 N–H and O–H groups in total. The molecule has 1 atom stereocenters. The molecule has 18 heavy (non-hydrogen) atoms. The molecule has 1 fully saturated rings. The number of hydrogen-bond acceptors (Lipinski definition) is 4. The summed E-state index contributed by atoms with van der Waals surface area (Å²) in [5.74, 6) is 0.439. The number of nitrogens with zero attached hydrogens (tertiary/aromatic N) is 1. The maximum atomic E-state index is 11.6. The summed E-state index contributed by atoms with van der Waals surface area (Å²) in [6.07, 6.45) is -0.0432. The predicted molar refractivity (Wildman–Crippen MR) is 67.5 cm³/mol. The fraction of sp³-hybridized carbons (Fsp3) is 0.417. The van der Waals surface area contributed by atoms with Crippen molar-refractivity contribution in [1.82, 2.24) is 4.90 Å². The van der Waals surface area contributed by atoms with Crippen LogP contribution in [-0.4, -0.2) is 47.8 Å². The number of aliphatic hydroxyl groups excluding tert-OH is 1. The minimum absolute atomic E-state index is 0.0432. The summed E-state index contributed by atoms with van der Waals surface area (Å²) in [7, 11) is 0. The number of benzene rings is 1. The van der Waals surface area contributed by atoms with Gasteiger partial charge in [-0.05, 0) is 18.2 Å². The van der Waals surface area contributed by atoms with Crippen LogP contribution in [0.5, 0.6) is 5.75 Å². The molecule has 0 bridgehead atoms. The Labute approximate surface area is 110 Å². The molecule has 2 rings (SSSR count). The van der Waals surface area contributed by atoms with Crippen LogP contribution in [0.15, 0.2) is 24.3 Å².